The average molecular weight is 334 g/mol. The van der Waals surface area contributed by atoms with Gasteiger partial charge in [0.15, 0.2) is 5.82 Å². The van der Waals surface area contributed by atoms with E-state index >= 15 is 0 Å². The SMILES string of the molecule is CCc1cc(NCc2ccc(OC)c(C)c2)nc(-c2ccncc2)n1. The van der Waals surface area contributed by atoms with Crippen LogP contribution in [-0.4, -0.2) is 22.1 Å². The minimum Gasteiger partial charge on any atom is -0.496 e. The van der Waals surface area contributed by atoms with Crippen molar-refractivity contribution in [3.8, 4) is 17.1 Å². The van der Waals surface area contributed by atoms with Crippen LogP contribution < -0.4 is 10.1 Å². The molecule has 0 atom stereocenters. The van der Waals surface area contributed by atoms with E-state index in [1.54, 1.807) is 19.5 Å². The minimum atomic E-state index is 0.695. The van der Waals surface area contributed by atoms with Crippen LogP contribution in [0.5, 0.6) is 5.75 Å². The third-order valence-corrected chi connectivity index (χ3v) is 4.01. The lowest BCUT2D eigenvalue weighted by Crippen LogP contribution is -2.05. The van der Waals surface area contributed by atoms with Gasteiger partial charge in [0.2, 0.25) is 0 Å². The smallest absolute Gasteiger partial charge is 0.161 e. The first kappa shape index (κ1) is 16.9. The molecule has 128 valence electrons. The average Bonchev–Trinajstić information content (AvgIpc) is 2.67. The van der Waals surface area contributed by atoms with Crippen molar-refractivity contribution in [2.24, 2.45) is 0 Å². The summed E-state index contributed by atoms with van der Waals surface area (Å²) in [5.41, 5.74) is 4.28. The maximum absolute atomic E-state index is 5.31. The summed E-state index contributed by atoms with van der Waals surface area (Å²) in [6.45, 7) is 4.83. The molecule has 0 unspecified atom stereocenters. The molecule has 1 aromatic carbocycles. The molecule has 0 fully saturated rings. The number of aryl methyl sites for hydroxylation is 2. The molecular weight excluding hydrogens is 312 g/mol. The molecule has 1 N–H and O–H groups in total. The molecule has 0 saturated heterocycles. The molecule has 0 aliphatic carbocycles. The van der Waals surface area contributed by atoms with Crippen molar-refractivity contribution < 1.29 is 4.74 Å². The second-order valence-electron chi connectivity index (χ2n) is 5.82. The number of hydrogen-bond acceptors (Lipinski definition) is 5. The first-order valence-electron chi connectivity index (χ1n) is 8.35. The van der Waals surface area contributed by atoms with Gasteiger partial charge >= 0.3 is 0 Å². The third kappa shape index (κ3) is 4.12. The minimum absolute atomic E-state index is 0.695. The van der Waals surface area contributed by atoms with Crippen LogP contribution in [0.2, 0.25) is 0 Å². The van der Waals surface area contributed by atoms with E-state index in [1.165, 1.54) is 5.56 Å². The van der Waals surface area contributed by atoms with Crippen molar-refractivity contribution in [2.45, 2.75) is 26.8 Å². The quantitative estimate of drug-likeness (QED) is 0.737. The zero-order chi connectivity index (χ0) is 17.6. The van der Waals surface area contributed by atoms with Crippen LogP contribution in [0.15, 0.2) is 48.8 Å². The Labute approximate surface area is 148 Å². The third-order valence-electron chi connectivity index (χ3n) is 4.01. The molecule has 5 nitrogen and oxygen atoms in total. The Morgan fingerprint density at radius 1 is 1.04 bits per heavy atom. The number of benzene rings is 1. The van der Waals surface area contributed by atoms with Crippen LogP contribution >= 0.6 is 0 Å². The molecule has 0 spiro atoms. The van der Waals surface area contributed by atoms with Gasteiger partial charge in [0.25, 0.3) is 0 Å². The van der Waals surface area contributed by atoms with Gasteiger partial charge in [-0.2, -0.15) is 0 Å². The predicted molar refractivity (Wildman–Crippen MR) is 99.7 cm³/mol. The highest BCUT2D eigenvalue weighted by molar-refractivity contribution is 5.57. The fourth-order valence-corrected chi connectivity index (χ4v) is 2.64. The van der Waals surface area contributed by atoms with Crippen LogP contribution in [0.25, 0.3) is 11.4 Å². The summed E-state index contributed by atoms with van der Waals surface area (Å²) < 4.78 is 5.31. The first-order valence-corrected chi connectivity index (χ1v) is 8.35. The molecular formula is C20H22N4O. The summed E-state index contributed by atoms with van der Waals surface area (Å²) in [5.74, 6) is 2.45. The fourth-order valence-electron chi connectivity index (χ4n) is 2.64. The molecule has 0 aliphatic heterocycles. The molecule has 3 rings (SSSR count). The molecule has 0 radical (unpaired) electrons. The summed E-state index contributed by atoms with van der Waals surface area (Å²) in [6, 6.07) is 12.0. The van der Waals surface area contributed by atoms with Crippen molar-refractivity contribution in [2.75, 3.05) is 12.4 Å². The number of nitrogens with zero attached hydrogens (tertiary/aromatic N) is 3. The second-order valence-corrected chi connectivity index (χ2v) is 5.82. The first-order chi connectivity index (χ1) is 12.2. The molecule has 2 aromatic heterocycles. The number of nitrogens with one attached hydrogen (secondary N) is 1. The monoisotopic (exact) mass is 334 g/mol. The Hall–Kier alpha value is -2.95. The van der Waals surface area contributed by atoms with E-state index in [0.29, 0.717) is 6.54 Å². The fraction of sp³-hybridized carbons (Fsp3) is 0.250. The highest BCUT2D eigenvalue weighted by Gasteiger charge is 2.07. The van der Waals surface area contributed by atoms with E-state index in [2.05, 4.69) is 39.3 Å². The summed E-state index contributed by atoms with van der Waals surface area (Å²) in [4.78, 5) is 13.3. The standard InChI is InChI=1S/C20H22N4O/c1-4-17-12-19(24-20(23-17)16-7-9-21-10-8-16)22-13-15-5-6-18(25-3)14(2)11-15/h5-12H,4,13H2,1-3H3,(H,22,23,24). The molecule has 3 aromatic rings. The van der Waals surface area contributed by atoms with Crippen LogP contribution in [0, 0.1) is 6.92 Å². The number of rotatable bonds is 6. The maximum Gasteiger partial charge on any atom is 0.161 e. The van der Waals surface area contributed by atoms with E-state index < -0.39 is 0 Å². The van der Waals surface area contributed by atoms with Crippen LogP contribution in [-0.2, 0) is 13.0 Å². The number of hydrogen-bond donors (Lipinski definition) is 1. The zero-order valence-corrected chi connectivity index (χ0v) is 14.8. The van der Waals surface area contributed by atoms with Gasteiger partial charge in [-0.25, -0.2) is 9.97 Å². The van der Waals surface area contributed by atoms with E-state index in [1.807, 2.05) is 31.2 Å². The molecule has 2 heterocycles. The van der Waals surface area contributed by atoms with Gasteiger partial charge in [-0.1, -0.05) is 19.1 Å². The summed E-state index contributed by atoms with van der Waals surface area (Å²) >= 11 is 0. The lowest BCUT2D eigenvalue weighted by atomic mass is 10.1. The lowest BCUT2D eigenvalue weighted by molar-refractivity contribution is 0.411. The highest BCUT2D eigenvalue weighted by Crippen LogP contribution is 2.21. The number of anilines is 1. The molecule has 0 aliphatic rings. The van der Waals surface area contributed by atoms with Gasteiger partial charge < -0.3 is 10.1 Å². The van der Waals surface area contributed by atoms with E-state index in [0.717, 1.165) is 40.6 Å². The van der Waals surface area contributed by atoms with Crippen molar-refractivity contribution in [1.82, 2.24) is 15.0 Å². The molecule has 0 amide bonds. The Bertz CT molecular complexity index is 850. The maximum atomic E-state index is 5.31. The van der Waals surface area contributed by atoms with Crippen molar-refractivity contribution >= 4 is 5.82 Å². The Morgan fingerprint density at radius 2 is 1.84 bits per heavy atom. The lowest BCUT2D eigenvalue weighted by Gasteiger charge is -2.11. The Morgan fingerprint density at radius 3 is 2.52 bits per heavy atom. The molecule has 0 saturated carbocycles. The molecule has 0 bridgehead atoms. The van der Waals surface area contributed by atoms with Crippen molar-refractivity contribution in [1.29, 1.82) is 0 Å². The van der Waals surface area contributed by atoms with E-state index in [-0.39, 0.29) is 0 Å². The molecule has 25 heavy (non-hydrogen) atoms. The second kappa shape index (κ2) is 7.75. The van der Waals surface area contributed by atoms with Crippen LogP contribution in [0.4, 0.5) is 5.82 Å². The molecule has 5 heteroatoms. The van der Waals surface area contributed by atoms with Crippen molar-refractivity contribution in [3.63, 3.8) is 0 Å². The largest absolute Gasteiger partial charge is 0.496 e. The van der Waals surface area contributed by atoms with Crippen LogP contribution in [0.1, 0.15) is 23.7 Å². The topological polar surface area (TPSA) is 59.9 Å². The van der Waals surface area contributed by atoms with Gasteiger partial charge in [0.1, 0.15) is 11.6 Å². The summed E-state index contributed by atoms with van der Waals surface area (Å²) in [6.07, 6.45) is 4.37. The highest BCUT2D eigenvalue weighted by atomic mass is 16.5. The normalized spacial score (nSPS) is 10.5. The Kier molecular flexibility index (Phi) is 5.23. The zero-order valence-electron chi connectivity index (χ0n) is 14.8. The number of aromatic nitrogens is 3. The van der Waals surface area contributed by atoms with Crippen molar-refractivity contribution in [3.05, 3.63) is 65.6 Å². The predicted octanol–water partition coefficient (Wildman–Crippen LogP) is 4.03. The van der Waals surface area contributed by atoms with Gasteiger partial charge in [-0.15, -0.1) is 0 Å². The van der Waals surface area contributed by atoms with E-state index in [9.17, 15) is 0 Å². The summed E-state index contributed by atoms with van der Waals surface area (Å²) in [7, 11) is 1.69. The van der Waals surface area contributed by atoms with Gasteiger partial charge in [0, 0.05) is 36.3 Å². The van der Waals surface area contributed by atoms with Gasteiger partial charge in [-0.05, 0) is 42.7 Å². The number of methoxy groups -OCH3 is 1. The van der Waals surface area contributed by atoms with Gasteiger partial charge in [-0.3, -0.25) is 4.98 Å². The Balaban J connectivity index is 1.81. The van der Waals surface area contributed by atoms with Crippen LogP contribution in [0.3, 0.4) is 0 Å². The van der Waals surface area contributed by atoms with Gasteiger partial charge in [0.05, 0.1) is 7.11 Å². The number of ether oxygens (including phenoxy) is 1. The number of pyridine rings is 1. The summed E-state index contributed by atoms with van der Waals surface area (Å²) in [5, 5.41) is 3.40. The van der Waals surface area contributed by atoms with E-state index in [4.69, 9.17) is 4.74 Å².